The second-order valence-corrected chi connectivity index (χ2v) is 5.18. The van der Waals surface area contributed by atoms with Gasteiger partial charge < -0.3 is 9.73 Å². The van der Waals surface area contributed by atoms with Crippen molar-refractivity contribution in [3.05, 3.63) is 71.7 Å². The molecular weight excluding hydrogens is 276 g/mol. The van der Waals surface area contributed by atoms with Crippen molar-refractivity contribution in [3.8, 4) is 11.3 Å². The molecule has 22 heavy (non-hydrogen) atoms. The molecule has 2 aromatic heterocycles. The van der Waals surface area contributed by atoms with Crippen LogP contribution < -0.4 is 5.32 Å². The van der Waals surface area contributed by atoms with E-state index in [0.717, 1.165) is 11.1 Å². The number of furan rings is 1. The Labute approximate surface area is 128 Å². The number of nitrogens with zero attached hydrogens (tertiary/aromatic N) is 1. The van der Waals surface area contributed by atoms with Gasteiger partial charge in [-0.15, -0.1) is 0 Å². The molecule has 0 saturated carbocycles. The van der Waals surface area contributed by atoms with Gasteiger partial charge in [0, 0.05) is 11.8 Å². The topological polar surface area (TPSA) is 55.1 Å². The third-order valence-corrected chi connectivity index (χ3v) is 3.40. The molecule has 1 N–H and O–H groups in total. The first-order valence-electron chi connectivity index (χ1n) is 7.02. The maximum atomic E-state index is 12.2. The third kappa shape index (κ3) is 2.91. The van der Waals surface area contributed by atoms with E-state index in [1.807, 2.05) is 32.0 Å². The summed E-state index contributed by atoms with van der Waals surface area (Å²) in [7, 11) is 0. The minimum atomic E-state index is -0.288. The molecule has 1 aromatic carbocycles. The summed E-state index contributed by atoms with van der Waals surface area (Å²) < 4.78 is 5.69. The van der Waals surface area contributed by atoms with Gasteiger partial charge >= 0.3 is 0 Å². The number of anilines is 1. The molecule has 110 valence electrons. The van der Waals surface area contributed by atoms with Crippen LogP contribution in [0.2, 0.25) is 0 Å². The molecule has 0 unspecified atom stereocenters. The van der Waals surface area contributed by atoms with Crippen molar-refractivity contribution in [1.82, 2.24) is 4.98 Å². The Morgan fingerprint density at radius 3 is 2.73 bits per heavy atom. The Bertz CT molecular complexity index is 807. The van der Waals surface area contributed by atoms with E-state index >= 15 is 0 Å². The molecule has 3 aromatic rings. The predicted octanol–water partition coefficient (Wildman–Crippen LogP) is 4.21. The fourth-order valence-corrected chi connectivity index (χ4v) is 2.32. The molecule has 4 nitrogen and oxygen atoms in total. The smallest absolute Gasteiger partial charge is 0.291 e. The lowest BCUT2D eigenvalue weighted by molar-refractivity contribution is 0.0997. The van der Waals surface area contributed by atoms with Crippen LogP contribution in [0, 0.1) is 13.8 Å². The van der Waals surface area contributed by atoms with E-state index in [-0.39, 0.29) is 11.7 Å². The second kappa shape index (κ2) is 5.85. The van der Waals surface area contributed by atoms with Crippen molar-refractivity contribution >= 4 is 11.6 Å². The molecule has 0 aliphatic rings. The van der Waals surface area contributed by atoms with Gasteiger partial charge in [-0.05, 0) is 43.7 Å². The van der Waals surface area contributed by atoms with Crippen molar-refractivity contribution in [2.75, 3.05) is 5.32 Å². The lowest BCUT2D eigenvalue weighted by Crippen LogP contribution is -2.10. The summed E-state index contributed by atoms with van der Waals surface area (Å²) in [4.78, 5) is 16.1. The number of hydrogen-bond donors (Lipinski definition) is 1. The molecule has 0 aliphatic heterocycles. The molecule has 0 saturated heterocycles. The molecule has 0 aliphatic carbocycles. The largest absolute Gasteiger partial charge is 0.451 e. The van der Waals surface area contributed by atoms with Crippen LogP contribution in [0.25, 0.3) is 11.3 Å². The fourth-order valence-electron chi connectivity index (χ4n) is 2.32. The zero-order chi connectivity index (χ0) is 15.5. The Balaban J connectivity index is 1.83. The second-order valence-electron chi connectivity index (χ2n) is 5.18. The molecule has 0 radical (unpaired) electrons. The number of hydrogen-bond acceptors (Lipinski definition) is 3. The van der Waals surface area contributed by atoms with Gasteiger partial charge in [0.1, 0.15) is 5.76 Å². The van der Waals surface area contributed by atoms with Crippen LogP contribution in [0.4, 0.5) is 5.69 Å². The van der Waals surface area contributed by atoms with Crippen molar-refractivity contribution in [2.24, 2.45) is 0 Å². The van der Waals surface area contributed by atoms with Crippen LogP contribution in [0.15, 0.2) is 59.3 Å². The van der Waals surface area contributed by atoms with E-state index in [1.165, 1.54) is 5.56 Å². The number of nitrogens with one attached hydrogen (secondary N) is 1. The van der Waals surface area contributed by atoms with Crippen molar-refractivity contribution in [3.63, 3.8) is 0 Å². The van der Waals surface area contributed by atoms with E-state index in [9.17, 15) is 4.79 Å². The number of pyridine rings is 1. The number of amides is 1. The number of carbonyl (C=O) groups excluding carboxylic acids is 1. The Morgan fingerprint density at radius 2 is 2.00 bits per heavy atom. The van der Waals surface area contributed by atoms with E-state index < -0.39 is 0 Å². The van der Waals surface area contributed by atoms with E-state index in [2.05, 4.69) is 16.4 Å². The van der Waals surface area contributed by atoms with Crippen LogP contribution >= 0.6 is 0 Å². The minimum absolute atomic E-state index is 0.277. The van der Waals surface area contributed by atoms with Gasteiger partial charge in [0.05, 0.1) is 11.9 Å². The lowest BCUT2D eigenvalue weighted by Gasteiger charge is -2.04. The minimum Gasteiger partial charge on any atom is -0.451 e. The Morgan fingerprint density at radius 1 is 1.14 bits per heavy atom. The van der Waals surface area contributed by atoms with Gasteiger partial charge in [0.15, 0.2) is 5.76 Å². The highest BCUT2D eigenvalue weighted by Gasteiger charge is 2.13. The molecule has 0 spiro atoms. The van der Waals surface area contributed by atoms with Gasteiger partial charge in [0.2, 0.25) is 0 Å². The first kappa shape index (κ1) is 14.1. The first-order valence-corrected chi connectivity index (χ1v) is 7.02. The SMILES string of the molecule is Cc1ccc(-c2ccc(C(=O)Nc3cccnc3)o2)c(C)c1. The number of rotatable bonds is 3. The maximum absolute atomic E-state index is 12.2. The standard InChI is InChI=1S/C18H16N2O2/c1-12-5-6-15(13(2)10-12)16-7-8-17(22-16)18(21)20-14-4-3-9-19-11-14/h3-11H,1-2H3,(H,20,21). The summed E-state index contributed by atoms with van der Waals surface area (Å²) in [6.07, 6.45) is 3.24. The summed E-state index contributed by atoms with van der Waals surface area (Å²) in [5.74, 6) is 0.677. The summed E-state index contributed by atoms with van der Waals surface area (Å²) in [6.45, 7) is 4.08. The maximum Gasteiger partial charge on any atom is 0.291 e. The predicted molar refractivity (Wildman–Crippen MR) is 85.8 cm³/mol. The highest BCUT2D eigenvalue weighted by molar-refractivity contribution is 6.02. The van der Waals surface area contributed by atoms with E-state index in [0.29, 0.717) is 11.4 Å². The average molecular weight is 292 g/mol. The molecule has 1 amide bonds. The van der Waals surface area contributed by atoms with Gasteiger partial charge in [0.25, 0.3) is 5.91 Å². The lowest BCUT2D eigenvalue weighted by atomic mass is 10.0. The zero-order valence-corrected chi connectivity index (χ0v) is 12.5. The van der Waals surface area contributed by atoms with Gasteiger partial charge in [-0.2, -0.15) is 0 Å². The molecule has 4 heteroatoms. The van der Waals surface area contributed by atoms with Crippen molar-refractivity contribution in [2.45, 2.75) is 13.8 Å². The monoisotopic (exact) mass is 292 g/mol. The normalized spacial score (nSPS) is 10.5. The third-order valence-electron chi connectivity index (χ3n) is 3.40. The first-order chi connectivity index (χ1) is 10.6. The molecule has 2 heterocycles. The quantitative estimate of drug-likeness (QED) is 0.786. The summed E-state index contributed by atoms with van der Waals surface area (Å²) in [5.41, 5.74) is 3.94. The molecule has 0 bridgehead atoms. The molecule has 0 fully saturated rings. The Kier molecular flexibility index (Phi) is 3.74. The summed E-state index contributed by atoms with van der Waals surface area (Å²) in [5, 5.41) is 2.75. The highest BCUT2D eigenvalue weighted by Crippen LogP contribution is 2.26. The van der Waals surface area contributed by atoms with Crippen LogP contribution in [-0.4, -0.2) is 10.9 Å². The zero-order valence-electron chi connectivity index (χ0n) is 12.5. The van der Waals surface area contributed by atoms with E-state index in [1.54, 1.807) is 30.6 Å². The number of carbonyl (C=O) groups is 1. The van der Waals surface area contributed by atoms with Crippen LogP contribution in [0.3, 0.4) is 0 Å². The van der Waals surface area contributed by atoms with E-state index in [4.69, 9.17) is 4.42 Å². The molecule has 0 atom stereocenters. The van der Waals surface area contributed by atoms with Crippen LogP contribution in [0.5, 0.6) is 0 Å². The summed E-state index contributed by atoms with van der Waals surface area (Å²) in [6, 6.07) is 13.2. The van der Waals surface area contributed by atoms with Gasteiger partial charge in [-0.3, -0.25) is 9.78 Å². The number of aromatic nitrogens is 1. The molecular formula is C18H16N2O2. The van der Waals surface area contributed by atoms with Crippen LogP contribution in [0.1, 0.15) is 21.7 Å². The number of benzene rings is 1. The van der Waals surface area contributed by atoms with Gasteiger partial charge in [-0.25, -0.2) is 0 Å². The Hall–Kier alpha value is -2.88. The van der Waals surface area contributed by atoms with Crippen LogP contribution in [-0.2, 0) is 0 Å². The molecule has 3 rings (SSSR count). The summed E-state index contributed by atoms with van der Waals surface area (Å²) >= 11 is 0. The van der Waals surface area contributed by atoms with Crippen molar-refractivity contribution < 1.29 is 9.21 Å². The number of aryl methyl sites for hydroxylation is 2. The highest BCUT2D eigenvalue weighted by atomic mass is 16.3. The van der Waals surface area contributed by atoms with Crippen molar-refractivity contribution in [1.29, 1.82) is 0 Å². The average Bonchev–Trinajstić information content (AvgIpc) is 2.98. The fraction of sp³-hybridized carbons (Fsp3) is 0.111. The van der Waals surface area contributed by atoms with Gasteiger partial charge in [-0.1, -0.05) is 23.8 Å².